The van der Waals surface area contributed by atoms with E-state index in [1.54, 1.807) is 0 Å². The van der Waals surface area contributed by atoms with Gasteiger partial charge in [0.1, 0.15) is 0 Å². The predicted octanol–water partition coefficient (Wildman–Crippen LogP) is 7.06. The molecule has 0 bridgehead atoms. The van der Waals surface area contributed by atoms with Crippen LogP contribution in [0, 0.1) is 23.2 Å². The Morgan fingerprint density at radius 3 is 2.14 bits per heavy atom. The highest BCUT2D eigenvalue weighted by molar-refractivity contribution is 6.74. The van der Waals surface area contributed by atoms with Crippen molar-refractivity contribution in [3.8, 4) is 6.07 Å². The van der Waals surface area contributed by atoms with Crippen LogP contribution < -0.4 is 0 Å². The fourth-order valence-electron chi connectivity index (χ4n) is 4.55. The summed E-state index contributed by atoms with van der Waals surface area (Å²) < 4.78 is 13.7. The van der Waals surface area contributed by atoms with Crippen LogP contribution in [0.4, 0.5) is 0 Å². The smallest absolute Gasteiger partial charge is 0.194 e. The number of hydrogen-bond donors (Lipinski definition) is 0. The van der Waals surface area contributed by atoms with E-state index in [1.165, 1.54) is 0 Å². The van der Waals surface area contributed by atoms with Crippen LogP contribution >= 0.6 is 0 Å². The number of nitriles is 1. The largest absolute Gasteiger partial charge is 0.412 e. The highest BCUT2D eigenvalue weighted by Crippen LogP contribution is 2.55. The maximum Gasteiger partial charge on any atom is 0.194 e. The SMILES string of the molecule is C=CC[C@@](C#N)(O[Si](C)(C)C(C)(C)C)C1[C@@H](C(=C)C)CC[C@@]1(C)O[Si](C)(C)C. The van der Waals surface area contributed by atoms with Crippen LogP contribution in [0.5, 0.6) is 0 Å². The van der Waals surface area contributed by atoms with Crippen molar-refractivity contribution in [2.24, 2.45) is 11.8 Å². The molecule has 1 fully saturated rings. The molecule has 1 aliphatic rings. The maximum atomic E-state index is 10.6. The summed E-state index contributed by atoms with van der Waals surface area (Å²) in [5.41, 5.74) is -0.218. The highest BCUT2D eigenvalue weighted by Gasteiger charge is 2.60. The Balaban J connectivity index is 3.63. The molecular weight excluding hydrogens is 378 g/mol. The second-order valence-electron chi connectivity index (χ2n) is 11.4. The van der Waals surface area contributed by atoms with Crippen molar-refractivity contribution >= 4 is 16.6 Å². The molecule has 1 unspecified atom stereocenters. The summed E-state index contributed by atoms with van der Waals surface area (Å²) in [4.78, 5) is 0. The van der Waals surface area contributed by atoms with E-state index in [4.69, 9.17) is 8.85 Å². The van der Waals surface area contributed by atoms with Crippen molar-refractivity contribution in [1.82, 2.24) is 0 Å². The van der Waals surface area contributed by atoms with Crippen molar-refractivity contribution < 1.29 is 8.85 Å². The quantitative estimate of drug-likeness (QED) is 0.311. The van der Waals surface area contributed by atoms with Gasteiger partial charge in [-0.25, -0.2) is 0 Å². The number of rotatable bonds is 8. The summed E-state index contributed by atoms with van der Waals surface area (Å²) in [5.74, 6) is 0.159. The lowest BCUT2D eigenvalue weighted by Crippen LogP contribution is -2.59. The van der Waals surface area contributed by atoms with E-state index in [9.17, 15) is 5.26 Å². The van der Waals surface area contributed by atoms with Gasteiger partial charge in [0.15, 0.2) is 22.2 Å². The molecule has 0 spiro atoms. The molecule has 5 heteroatoms. The van der Waals surface area contributed by atoms with Crippen LogP contribution in [0.15, 0.2) is 24.8 Å². The van der Waals surface area contributed by atoms with Crippen LogP contribution in [0.25, 0.3) is 0 Å². The molecule has 28 heavy (non-hydrogen) atoms. The van der Waals surface area contributed by atoms with Crippen molar-refractivity contribution in [3.63, 3.8) is 0 Å². The highest BCUT2D eigenvalue weighted by atomic mass is 28.4. The molecule has 0 aromatic heterocycles. The number of allylic oxidation sites excluding steroid dienone is 1. The normalized spacial score (nSPS) is 28.5. The molecule has 0 saturated heterocycles. The van der Waals surface area contributed by atoms with Gasteiger partial charge >= 0.3 is 0 Å². The van der Waals surface area contributed by atoms with Crippen molar-refractivity contribution in [2.45, 2.75) is 103 Å². The molecule has 0 aromatic carbocycles. The second kappa shape index (κ2) is 8.22. The maximum absolute atomic E-state index is 10.6. The van der Waals surface area contributed by atoms with E-state index < -0.39 is 27.8 Å². The van der Waals surface area contributed by atoms with E-state index in [-0.39, 0.29) is 16.9 Å². The first kappa shape index (κ1) is 25.4. The van der Waals surface area contributed by atoms with Crippen molar-refractivity contribution in [3.05, 3.63) is 24.8 Å². The first-order valence-electron chi connectivity index (χ1n) is 10.5. The summed E-state index contributed by atoms with van der Waals surface area (Å²) >= 11 is 0. The average Bonchev–Trinajstić information content (AvgIpc) is 2.81. The van der Waals surface area contributed by atoms with Gasteiger partial charge in [0.2, 0.25) is 0 Å². The zero-order valence-electron chi connectivity index (χ0n) is 20.0. The summed E-state index contributed by atoms with van der Waals surface area (Å²) in [7, 11) is -4.02. The molecule has 0 amide bonds. The Hall–Kier alpha value is -0.676. The lowest BCUT2D eigenvalue weighted by molar-refractivity contribution is -0.0638. The molecule has 4 atom stereocenters. The van der Waals surface area contributed by atoms with Gasteiger partial charge < -0.3 is 8.85 Å². The molecule has 0 aromatic rings. The van der Waals surface area contributed by atoms with E-state index in [0.717, 1.165) is 18.4 Å². The average molecular weight is 422 g/mol. The lowest BCUT2D eigenvalue weighted by Gasteiger charge is -2.51. The van der Waals surface area contributed by atoms with Gasteiger partial charge in [0, 0.05) is 12.3 Å². The first-order chi connectivity index (χ1) is 12.4. The Bertz CT molecular complexity index is 638. The van der Waals surface area contributed by atoms with E-state index >= 15 is 0 Å². The Kier molecular flexibility index (Phi) is 7.44. The minimum atomic E-state index is -2.20. The van der Waals surface area contributed by atoms with Gasteiger partial charge in [-0.1, -0.05) is 39.0 Å². The monoisotopic (exact) mass is 421 g/mol. The molecule has 1 rings (SSSR count). The van der Waals surface area contributed by atoms with Crippen LogP contribution in [0.2, 0.25) is 37.8 Å². The van der Waals surface area contributed by atoms with Gasteiger partial charge in [-0.05, 0) is 70.4 Å². The summed E-state index contributed by atoms with van der Waals surface area (Å²) in [5, 5.41) is 10.6. The fourth-order valence-corrected chi connectivity index (χ4v) is 7.65. The third-order valence-corrected chi connectivity index (χ3v) is 12.1. The van der Waals surface area contributed by atoms with Crippen molar-refractivity contribution in [2.75, 3.05) is 0 Å². The standard InChI is InChI=1S/C23H43NO2Si2/c1-13-15-23(17-24,26-28(11,12)21(4,5)6)20-19(18(2)3)14-16-22(20,7)25-27(8,9)10/h13,19-20H,1-2,14-16H2,3-12H3/t19-,20?,22-,23+/m1/s1. The van der Waals surface area contributed by atoms with Gasteiger partial charge in [-0.2, -0.15) is 5.26 Å². The summed E-state index contributed by atoms with van der Waals surface area (Å²) in [6.07, 6.45) is 4.28. The minimum absolute atomic E-state index is 0.0175. The van der Waals surface area contributed by atoms with Gasteiger partial charge in [0.25, 0.3) is 0 Å². The number of hydrogen-bond acceptors (Lipinski definition) is 3. The van der Waals surface area contributed by atoms with Crippen LogP contribution in [-0.2, 0) is 8.85 Å². The topological polar surface area (TPSA) is 42.2 Å². The zero-order valence-corrected chi connectivity index (χ0v) is 22.0. The van der Waals surface area contributed by atoms with E-state index in [0.29, 0.717) is 6.42 Å². The van der Waals surface area contributed by atoms with E-state index in [2.05, 4.69) is 86.6 Å². The number of nitrogens with zero attached hydrogens (tertiary/aromatic N) is 1. The minimum Gasteiger partial charge on any atom is -0.412 e. The Labute approximate surface area is 176 Å². The fraction of sp³-hybridized carbons (Fsp3) is 0.783. The first-order valence-corrected chi connectivity index (χ1v) is 16.8. The van der Waals surface area contributed by atoms with Crippen molar-refractivity contribution in [1.29, 1.82) is 5.26 Å². The molecule has 1 saturated carbocycles. The molecule has 0 aliphatic heterocycles. The van der Waals surface area contributed by atoms with E-state index in [1.807, 2.05) is 6.08 Å². The van der Waals surface area contributed by atoms with Crippen LogP contribution in [0.1, 0.15) is 53.9 Å². The molecule has 0 radical (unpaired) electrons. The van der Waals surface area contributed by atoms with Gasteiger partial charge in [0.05, 0.1) is 11.7 Å². The third kappa shape index (κ3) is 5.27. The van der Waals surface area contributed by atoms with Gasteiger partial charge in [-0.3, -0.25) is 0 Å². The van der Waals surface area contributed by atoms with Crippen LogP contribution in [0.3, 0.4) is 0 Å². The molecule has 160 valence electrons. The molecule has 0 N–H and O–H groups in total. The lowest BCUT2D eigenvalue weighted by atomic mass is 9.71. The summed E-state index contributed by atoms with van der Waals surface area (Å²) in [6, 6.07) is 2.65. The Morgan fingerprint density at radius 2 is 1.79 bits per heavy atom. The Morgan fingerprint density at radius 1 is 1.25 bits per heavy atom. The predicted molar refractivity (Wildman–Crippen MR) is 125 cm³/mol. The molecule has 3 nitrogen and oxygen atoms in total. The summed E-state index contributed by atoms with van der Waals surface area (Å²) in [6.45, 7) is 30.3. The van der Waals surface area contributed by atoms with Crippen LogP contribution in [-0.4, -0.2) is 27.8 Å². The second-order valence-corrected chi connectivity index (χ2v) is 20.5. The molecular formula is C23H43NO2Si2. The molecule has 1 aliphatic carbocycles. The molecule has 0 heterocycles. The zero-order chi connectivity index (χ0) is 22.2. The third-order valence-electron chi connectivity index (χ3n) is 6.57. The van der Waals surface area contributed by atoms with Gasteiger partial charge in [-0.15, -0.1) is 6.58 Å².